The van der Waals surface area contributed by atoms with Gasteiger partial charge in [0.25, 0.3) is 0 Å². The number of rotatable bonds is 4. The molecule has 1 N–H and O–H groups in total. The number of hydrogen-bond acceptors (Lipinski definition) is 4. The fraction of sp³-hybridized carbons (Fsp3) is 0.400. The Morgan fingerprint density at radius 2 is 1.86 bits per heavy atom. The lowest BCUT2D eigenvalue weighted by atomic mass is 9.99. The number of aromatic nitrogens is 1. The molecule has 1 aliphatic heterocycles. The maximum Gasteiger partial charge on any atom is 0.387 e. The van der Waals surface area contributed by atoms with Crippen molar-refractivity contribution in [1.82, 2.24) is 10.3 Å². The molecule has 3 rings (SSSR count). The Kier molecular flexibility index (Phi) is 6.11. The van der Waals surface area contributed by atoms with Crippen LogP contribution in [-0.2, 0) is 0 Å². The van der Waals surface area contributed by atoms with E-state index in [-0.39, 0.29) is 18.2 Å². The maximum atomic E-state index is 12.1. The monoisotopic (exact) mass is 346 g/mol. The normalized spacial score (nSPS) is 15.6. The van der Waals surface area contributed by atoms with Gasteiger partial charge in [-0.05, 0) is 50.2 Å². The average molecular weight is 347 g/mol. The molecule has 0 unspecified atom stereocenters. The molecule has 1 aromatic carbocycles. The number of halogens is 3. The zero-order valence-corrected chi connectivity index (χ0v) is 13.4. The van der Waals surface area contributed by atoms with Gasteiger partial charge in [-0.15, -0.1) is 23.7 Å². The van der Waals surface area contributed by atoms with Gasteiger partial charge >= 0.3 is 6.61 Å². The Bertz CT molecular complexity index is 585. The lowest BCUT2D eigenvalue weighted by molar-refractivity contribution is -0.0498. The van der Waals surface area contributed by atoms with Crippen molar-refractivity contribution in [3.8, 4) is 17.0 Å². The molecule has 2 aromatic rings. The minimum Gasteiger partial charge on any atom is -0.435 e. The van der Waals surface area contributed by atoms with Crippen molar-refractivity contribution in [2.45, 2.75) is 25.4 Å². The van der Waals surface area contributed by atoms with Gasteiger partial charge < -0.3 is 10.1 Å². The highest BCUT2D eigenvalue weighted by Gasteiger charge is 2.18. The zero-order chi connectivity index (χ0) is 14.7. The van der Waals surface area contributed by atoms with E-state index in [1.54, 1.807) is 35.6 Å². The molecule has 120 valence electrons. The minimum absolute atomic E-state index is 0. The average Bonchev–Trinajstić information content (AvgIpc) is 2.98. The van der Waals surface area contributed by atoms with Crippen LogP contribution in [0.5, 0.6) is 5.75 Å². The van der Waals surface area contributed by atoms with Crippen LogP contribution in [0.15, 0.2) is 29.6 Å². The van der Waals surface area contributed by atoms with Crippen LogP contribution < -0.4 is 10.1 Å². The number of thiazole rings is 1. The lowest BCUT2D eigenvalue weighted by Crippen LogP contribution is -2.26. The van der Waals surface area contributed by atoms with E-state index >= 15 is 0 Å². The summed E-state index contributed by atoms with van der Waals surface area (Å²) in [6.45, 7) is -0.708. The number of benzene rings is 1. The first kappa shape index (κ1) is 17.1. The molecule has 1 fully saturated rings. The standard InChI is InChI=1S/C15H16F2N2OS.ClH/c16-15(17)20-12-3-1-10(2-4-12)13-9-21-14(19-13)11-5-7-18-8-6-11;/h1-4,9,11,15,18H,5-8H2;1H. The smallest absolute Gasteiger partial charge is 0.387 e. The van der Waals surface area contributed by atoms with E-state index in [0.29, 0.717) is 5.92 Å². The van der Waals surface area contributed by atoms with Crippen LogP contribution in [0, 0.1) is 0 Å². The van der Waals surface area contributed by atoms with Crippen molar-refractivity contribution < 1.29 is 13.5 Å². The molecule has 22 heavy (non-hydrogen) atoms. The van der Waals surface area contributed by atoms with E-state index in [2.05, 4.69) is 10.1 Å². The summed E-state index contributed by atoms with van der Waals surface area (Å²) in [5.74, 6) is 0.703. The number of ether oxygens (including phenoxy) is 1. The lowest BCUT2D eigenvalue weighted by Gasteiger charge is -2.20. The Hall–Kier alpha value is -1.24. The largest absolute Gasteiger partial charge is 0.435 e. The number of nitrogens with one attached hydrogen (secondary N) is 1. The number of hydrogen-bond donors (Lipinski definition) is 1. The second-order valence-electron chi connectivity index (χ2n) is 5.00. The molecule has 1 aromatic heterocycles. The van der Waals surface area contributed by atoms with Crippen LogP contribution in [0.3, 0.4) is 0 Å². The third kappa shape index (κ3) is 4.15. The van der Waals surface area contributed by atoms with Crippen molar-refractivity contribution >= 4 is 23.7 Å². The topological polar surface area (TPSA) is 34.1 Å². The molecule has 1 saturated heterocycles. The van der Waals surface area contributed by atoms with Crippen LogP contribution in [0.2, 0.25) is 0 Å². The third-order valence-electron chi connectivity index (χ3n) is 3.59. The molecular weight excluding hydrogens is 330 g/mol. The molecule has 0 amide bonds. The summed E-state index contributed by atoms with van der Waals surface area (Å²) in [4.78, 5) is 4.70. The molecule has 0 bridgehead atoms. The summed E-state index contributed by atoms with van der Waals surface area (Å²) in [6, 6.07) is 6.62. The molecule has 0 saturated carbocycles. The molecule has 0 radical (unpaired) electrons. The Labute approximate surface area is 138 Å². The highest BCUT2D eigenvalue weighted by Crippen LogP contribution is 2.31. The summed E-state index contributed by atoms with van der Waals surface area (Å²) in [7, 11) is 0. The van der Waals surface area contributed by atoms with Crippen LogP contribution in [0.1, 0.15) is 23.8 Å². The Morgan fingerprint density at radius 3 is 2.50 bits per heavy atom. The summed E-state index contributed by atoms with van der Waals surface area (Å²) < 4.78 is 28.6. The molecule has 0 aliphatic carbocycles. The SMILES string of the molecule is Cl.FC(F)Oc1ccc(-c2csc(C3CCNCC3)n2)cc1. The van der Waals surface area contributed by atoms with Gasteiger partial charge in [0, 0.05) is 16.9 Å². The third-order valence-corrected chi connectivity index (χ3v) is 4.59. The highest BCUT2D eigenvalue weighted by atomic mass is 35.5. The fourth-order valence-corrected chi connectivity index (χ4v) is 3.48. The molecule has 2 heterocycles. The summed E-state index contributed by atoms with van der Waals surface area (Å²) in [5, 5.41) is 6.54. The highest BCUT2D eigenvalue weighted by molar-refractivity contribution is 7.10. The van der Waals surface area contributed by atoms with Crippen molar-refractivity contribution in [1.29, 1.82) is 0 Å². The van der Waals surface area contributed by atoms with Gasteiger partial charge in [0.1, 0.15) is 5.75 Å². The zero-order valence-electron chi connectivity index (χ0n) is 11.8. The van der Waals surface area contributed by atoms with Crippen molar-refractivity contribution in [2.24, 2.45) is 0 Å². The molecular formula is C15H17ClF2N2OS. The van der Waals surface area contributed by atoms with E-state index in [1.165, 1.54) is 5.01 Å². The van der Waals surface area contributed by atoms with Gasteiger partial charge in [-0.1, -0.05) is 0 Å². The van der Waals surface area contributed by atoms with Gasteiger partial charge in [-0.3, -0.25) is 0 Å². The predicted octanol–water partition coefficient (Wildman–Crippen LogP) is 4.30. The van der Waals surface area contributed by atoms with Gasteiger partial charge in [-0.25, -0.2) is 4.98 Å². The van der Waals surface area contributed by atoms with Crippen molar-refractivity contribution in [3.63, 3.8) is 0 Å². The Morgan fingerprint density at radius 1 is 1.18 bits per heavy atom. The first-order chi connectivity index (χ1) is 10.2. The fourth-order valence-electron chi connectivity index (χ4n) is 2.48. The van der Waals surface area contributed by atoms with Gasteiger partial charge in [0.2, 0.25) is 0 Å². The van der Waals surface area contributed by atoms with Crippen LogP contribution in [-0.4, -0.2) is 24.7 Å². The van der Waals surface area contributed by atoms with Gasteiger partial charge in [-0.2, -0.15) is 8.78 Å². The first-order valence-electron chi connectivity index (χ1n) is 6.94. The summed E-state index contributed by atoms with van der Waals surface area (Å²) >= 11 is 1.68. The second kappa shape index (κ2) is 7.85. The van der Waals surface area contributed by atoms with Crippen molar-refractivity contribution in [2.75, 3.05) is 13.1 Å². The van der Waals surface area contributed by atoms with Crippen LogP contribution in [0.25, 0.3) is 11.3 Å². The van der Waals surface area contributed by atoms with E-state index in [4.69, 9.17) is 4.98 Å². The predicted molar refractivity (Wildman–Crippen MR) is 86.3 cm³/mol. The number of piperidine rings is 1. The molecule has 7 heteroatoms. The Balaban J connectivity index is 0.00000176. The van der Waals surface area contributed by atoms with E-state index in [1.807, 2.05) is 5.38 Å². The summed E-state index contributed by atoms with van der Waals surface area (Å²) in [6.07, 6.45) is 2.24. The second-order valence-corrected chi connectivity index (χ2v) is 5.89. The van der Waals surface area contributed by atoms with Crippen molar-refractivity contribution in [3.05, 3.63) is 34.7 Å². The van der Waals surface area contributed by atoms with Gasteiger partial charge in [0.05, 0.1) is 10.7 Å². The quantitative estimate of drug-likeness (QED) is 0.896. The van der Waals surface area contributed by atoms with Crippen LogP contribution in [0.4, 0.5) is 8.78 Å². The number of nitrogens with zero attached hydrogens (tertiary/aromatic N) is 1. The van der Waals surface area contributed by atoms with Gasteiger partial charge in [0.15, 0.2) is 0 Å². The molecule has 3 nitrogen and oxygen atoms in total. The minimum atomic E-state index is -2.79. The van der Waals surface area contributed by atoms with E-state index in [0.717, 1.165) is 37.2 Å². The molecule has 0 spiro atoms. The first-order valence-corrected chi connectivity index (χ1v) is 7.82. The summed E-state index contributed by atoms with van der Waals surface area (Å²) in [5.41, 5.74) is 1.82. The molecule has 0 atom stereocenters. The van der Waals surface area contributed by atoms with E-state index < -0.39 is 6.61 Å². The number of alkyl halides is 2. The maximum absolute atomic E-state index is 12.1. The van der Waals surface area contributed by atoms with E-state index in [9.17, 15) is 8.78 Å². The van der Waals surface area contributed by atoms with Crippen LogP contribution >= 0.6 is 23.7 Å². The molecule has 1 aliphatic rings.